The van der Waals surface area contributed by atoms with E-state index < -0.39 is 12.1 Å². The largest absolute Gasteiger partial charge is 0.471 e. The first-order valence-electron chi connectivity index (χ1n) is 5.27. The molecule has 0 unspecified atom stereocenters. The molecule has 0 atom stereocenters. The maximum atomic E-state index is 12.3. The molecule has 0 heterocycles. The van der Waals surface area contributed by atoms with Crippen LogP contribution >= 0.6 is 0 Å². The highest BCUT2D eigenvalue weighted by molar-refractivity contribution is 6.12. The third kappa shape index (κ3) is 3.47. The van der Waals surface area contributed by atoms with Crippen molar-refractivity contribution in [3.05, 3.63) is 29.8 Å². The van der Waals surface area contributed by atoms with Crippen molar-refractivity contribution in [3.8, 4) is 6.07 Å². The fourth-order valence-electron chi connectivity index (χ4n) is 1.40. The minimum absolute atomic E-state index is 0.0103. The summed E-state index contributed by atoms with van der Waals surface area (Å²) in [4.78, 5) is 16.0. The molecule has 0 aliphatic rings. The quantitative estimate of drug-likeness (QED) is 0.631. The number of hydrogen-bond donors (Lipinski definition) is 0. The Morgan fingerprint density at radius 2 is 2.10 bits per heavy atom. The Morgan fingerprint density at radius 3 is 2.60 bits per heavy atom. The van der Waals surface area contributed by atoms with Crippen molar-refractivity contribution in [3.63, 3.8) is 0 Å². The van der Waals surface area contributed by atoms with Crippen LogP contribution in [-0.2, 0) is 9.63 Å². The SMILES string of the molecule is CON=C(C#N)c1cccc(N(C)C(=O)C(F)(F)F)c1. The van der Waals surface area contributed by atoms with Gasteiger partial charge >= 0.3 is 12.1 Å². The number of carbonyl (C=O) groups excluding carboxylic acids is 1. The molecule has 0 aliphatic carbocycles. The minimum atomic E-state index is -4.97. The van der Waals surface area contributed by atoms with Crippen molar-refractivity contribution in [2.24, 2.45) is 5.16 Å². The van der Waals surface area contributed by atoms with Gasteiger partial charge in [-0.15, -0.1) is 0 Å². The number of amides is 1. The van der Waals surface area contributed by atoms with Gasteiger partial charge in [0.2, 0.25) is 0 Å². The predicted molar refractivity (Wildman–Crippen MR) is 65.1 cm³/mol. The first-order chi connectivity index (χ1) is 9.31. The van der Waals surface area contributed by atoms with E-state index >= 15 is 0 Å². The van der Waals surface area contributed by atoms with E-state index in [4.69, 9.17) is 5.26 Å². The van der Waals surface area contributed by atoms with Crippen LogP contribution in [0.15, 0.2) is 29.4 Å². The van der Waals surface area contributed by atoms with Crippen LogP contribution in [0.25, 0.3) is 0 Å². The van der Waals surface area contributed by atoms with Crippen molar-refractivity contribution < 1.29 is 22.8 Å². The van der Waals surface area contributed by atoms with Crippen molar-refractivity contribution in [1.82, 2.24) is 0 Å². The van der Waals surface area contributed by atoms with Gasteiger partial charge in [0.25, 0.3) is 0 Å². The minimum Gasteiger partial charge on any atom is -0.398 e. The summed E-state index contributed by atoms with van der Waals surface area (Å²) in [6, 6.07) is 7.18. The second-order valence-corrected chi connectivity index (χ2v) is 3.65. The van der Waals surface area contributed by atoms with Gasteiger partial charge in [0, 0.05) is 18.3 Å². The lowest BCUT2D eigenvalue weighted by Gasteiger charge is -2.19. The molecule has 0 spiro atoms. The third-order valence-electron chi connectivity index (χ3n) is 2.34. The monoisotopic (exact) mass is 285 g/mol. The van der Waals surface area contributed by atoms with Gasteiger partial charge in [0.15, 0.2) is 5.71 Å². The predicted octanol–water partition coefficient (Wildman–Crippen LogP) is 2.09. The molecule has 0 N–H and O–H groups in total. The molecule has 1 amide bonds. The first kappa shape index (κ1) is 15.5. The van der Waals surface area contributed by atoms with E-state index in [1.807, 2.05) is 0 Å². The van der Waals surface area contributed by atoms with E-state index in [0.29, 0.717) is 4.90 Å². The number of nitrogens with zero attached hydrogens (tertiary/aromatic N) is 3. The summed E-state index contributed by atoms with van der Waals surface area (Å²) in [6.45, 7) is 0. The number of oxime groups is 1. The molecule has 5 nitrogen and oxygen atoms in total. The molecule has 1 rings (SSSR count). The molecule has 0 saturated carbocycles. The van der Waals surface area contributed by atoms with Gasteiger partial charge in [0.05, 0.1) is 0 Å². The van der Waals surface area contributed by atoms with Gasteiger partial charge in [-0.25, -0.2) is 0 Å². The van der Waals surface area contributed by atoms with E-state index in [-0.39, 0.29) is 17.0 Å². The molecular formula is C12H10F3N3O2. The van der Waals surface area contributed by atoms with E-state index in [9.17, 15) is 18.0 Å². The number of anilines is 1. The zero-order valence-electron chi connectivity index (χ0n) is 10.6. The molecule has 0 aromatic heterocycles. The number of benzene rings is 1. The molecule has 0 bridgehead atoms. The highest BCUT2D eigenvalue weighted by Gasteiger charge is 2.41. The van der Waals surface area contributed by atoms with E-state index in [1.54, 1.807) is 6.07 Å². The fraction of sp³-hybridized carbons (Fsp3) is 0.250. The highest BCUT2D eigenvalue weighted by atomic mass is 19.4. The standard InChI is InChI=1S/C12H10F3N3O2/c1-18(11(19)12(13,14)15)9-5-3-4-8(6-9)10(7-16)17-20-2/h3-6H,1-2H3. The summed E-state index contributed by atoms with van der Waals surface area (Å²) in [7, 11) is 2.23. The lowest BCUT2D eigenvalue weighted by molar-refractivity contribution is -0.170. The molecule has 20 heavy (non-hydrogen) atoms. The Bertz CT molecular complexity index is 576. The van der Waals surface area contributed by atoms with Gasteiger partial charge in [-0.2, -0.15) is 18.4 Å². The number of alkyl halides is 3. The normalized spacial score (nSPS) is 11.7. The van der Waals surface area contributed by atoms with Gasteiger partial charge in [0.1, 0.15) is 13.2 Å². The summed E-state index contributed by atoms with van der Waals surface area (Å²) >= 11 is 0. The summed E-state index contributed by atoms with van der Waals surface area (Å²) in [5.41, 5.74) is 0.125. The van der Waals surface area contributed by atoms with Crippen LogP contribution in [0.3, 0.4) is 0 Å². The average molecular weight is 285 g/mol. The van der Waals surface area contributed by atoms with Crippen LogP contribution in [-0.4, -0.2) is 32.0 Å². The number of hydrogen-bond acceptors (Lipinski definition) is 4. The van der Waals surface area contributed by atoms with E-state index in [2.05, 4.69) is 9.99 Å². The maximum Gasteiger partial charge on any atom is 0.471 e. The van der Waals surface area contributed by atoms with Crippen LogP contribution < -0.4 is 4.90 Å². The maximum absolute atomic E-state index is 12.3. The smallest absolute Gasteiger partial charge is 0.398 e. The van der Waals surface area contributed by atoms with Gasteiger partial charge < -0.3 is 9.74 Å². The Kier molecular flexibility index (Phi) is 4.69. The molecule has 0 fully saturated rings. The second kappa shape index (κ2) is 6.06. The molecular weight excluding hydrogens is 275 g/mol. The lowest BCUT2D eigenvalue weighted by atomic mass is 10.1. The zero-order valence-corrected chi connectivity index (χ0v) is 10.6. The van der Waals surface area contributed by atoms with Crippen LogP contribution in [0.2, 0.25) is 0 Å². The Hall–Kier alpha value is -2.56. The summed E-state index contributed by atoms with van der Waals surface area (Å²) in [6.07, 6.45) is -4.97. The van der Waals surface area contributed by atoms with Crippen molar-refractivity contribution in [1.29, 1.82) is 5.26 Å². The Morgan fingerprint density at radius 1 is 1.45 bits per heavy atom. The molecule has 0 saturated heterocycles. The van der Waals surface area contributed by atoms with Crippen LogP contribution in [0.5, 0.6) is 0 Å². The Labute approximate surface area is 112 Å². The van der Waals surface area contributed by atoms with E-state index in [1.165, 1.54) is 31.4 Å². The topological polar surface area (TPSA) is 65.7 Å². The molecule has 0 radical (unpaired) electrons. The summed E-state index contributed by atoms with van der Waals surface area (Å²) in [5, 5.41) is 12.3. The van der Waals surface area contributed by atoms with Gasteiger partial charge in [-0.3, -0.25) is 4.79 Å². The van der Waals surface area contributed by atoms with Crippen molar-refractivity contribution in [2.75, 3.05) is 19.1 Å². The van der Waals surface area contributed by atoms with Crippen molar-refractivity contribution in [2.45, 2.75) is 6.18 Å². The average Bonchev–Trinajstić information content (AvgIpc) is 2.42. The second-order valence-electron chi connectivity index (χ2n) is 3.65. The van der Waals surface area contributed by atoms with Crippen LogP contribution in [0.4, 0.5) is 18.9 Å². The zero-order chi connectivity index (χ0) is 15.3. The molecule has 8 heteroatoms. The number of carbonyl (C=O) groups is 1. The third-order valence-corrected chi connectivity index (χ3v) is 2.34. The number of rotatable bonds is 3. The van der Waals surface area contributed by atoms with Crippen LogP contribution in [0.1, 0.15) is 5.56 Å². The molecule has 1 aromatic rings. The van der Waals surface area contributed by atoms with Crippen molar-refractivity contribution >= 4 is 17.3 Å². The van der Waals surface area contributed by atoms with Crippen LogP contribution in [0, 0.1) is 11.3 Å². The molecule has 106 valence electrons. The fourth-order valence-corrected chi connectivity index (χ4v) is 1.40. The number of nitriles is 1. The molecule has 1 aromatic carbocycles. The van der Waals surface area contributed by atoms with E-state index in [0.717, 1.165) is 7.05 Å². The summed E-state index contributed by atoms with van der Waals surface area (Å²) in [5.74, 6) is -2.00. The highest BCUT2D eigenvalue weighted by Crippen LogP contribution is 2.23. The molecule has 0 aliphatic heterocycles. The van der Waals surface area contributed by atoms with Gasteiger partial charge in [-0.05, 0) is 12.1 Å². The Balaban J connectivity index is 3.15. The van der Waals surface area contributed by atoms with Gasteiger partial charge in [-0.1, -0.05) is 17.3 Å². The first-order valence-corrected chi connectivity index (χ1v) is 5.27. The number of halogens is 3. The summed E-state index contributed by atoms with van der Waals surface area (Å²) < 4.78 is 37.0. The lowest BCUT2D eigenvalue weighted by Crippen LogP contribution is -2.38.